The van der Waals surface area contributed by atoms with Crippen LogP contribution in [0.3, 0.4) is 0 Å². The smallest absolute Gasteiger partial charge is 0.237 e. The molecule has 0 unspecified atom stereocenters. The molecular formula is C13H17ClN2O. The fourth-order valence-electron chi connectivity index (χ4n) is 2.08. The van der Waals surface area contributed by atoms with Crippen LogP contribution in [0.2, 0.25) is 5.02 Å². The minimum absolute atomic E-state index is 0.0106. The van der Waals surface area contributed by atoms with Crippen molar-refractivity contribution >= 4 is 17.5 Å². The number of halogens is 1. The monoisotopic (exact) mass is 252 g/mol. The lowest BCUT2D eigenvalue weighted by Gasteiger charge is -2.17. The van der Waals surface area contributed by atoms with Crippen LogP contribution >= 0.6 is 11.6 Å². The van der Waals surface area contributed by atoms with Crippen molar-refractivity contribution in [2.24, 2.45) is 0 Å². The molecule has 1 aliphatic heterocycles. The quantitative estimate of drug-likeness (QED) is 0.867. The number of hydrogen-bond donors (Lipinski definition) is 2. The minimum Gasteiger partial charge on any atom is -0.348 e. The molecule has 1 aromatic carbocycles. The molecule has 1 heterocycles. The molecule has 4 heteroatoms. The Morgan fingerprint density at radius 3 is 3.06 bits per heavy atom. The summed E-state index contributed by atoms with van der Waals surface area (Å²) in [6.07, 6.45) is 2.00. The van der Waals surface area contributed by atoms with Crippen LogP contribution < -0.4 is 10.6 Å². The summed E-state index contributed by atoms with van der Waals surface area (Å²) in [6.45, 7) is 2.90. The fourth-order valence-corrected chi connectivity index (χ4v) is 2.28. The van der Waals surface area contributed by atoms with Crippen molar-refractivity contribution in [3.05, 3.63) is 34.9 Å². The summed E-state index contributed by atoms with van der Waals surface area (Å²) in [5.74, 6) is 0.0787. The summed E-state index contributed by atoms with van der Waals surface area (Å²) in [7, 11) is 0. The van der Waals surface area contributed by atoms with Gasteiger partial charge in [0, 0.05) is 5.02 Å². The van der Waals surface area contributed by atoms with Gasteiger partial charge in [-0.25, -0.2) is 0 Å². The summed E-state index contributed by atoms with van der Waals surface area (Å²) in [4.78, 5) is 11.9. The molecule has 2 atom stereocenters. The molecule has 0 spiro atoms. The molecule has 2 N–H and O–H groups in total. The first-order chi connectivity index (χ1) is 8.16. The summed E-state index contributed by atoms with van der Waals surface area (Å²) in [5.41, 5.74) is 1.03. The van der Waals surface area contributed by atoms with E-state index < -0.39 is 0 Å². The Morgan fingerprint density at radius 1 is 1.59 bits per heavy atom. The maximum absolute atomic E-state index is 11.9. The lowest BCUT2D eigenvalue weighted by atomic mass is 10.1. The van der Waals surface area contributed by atoms with Crippen molar-refractivity contribution in [3.8, 4) is 0 Å². The van der Waals surface area contributed by atoms with Gasteiger partial charge in [0.15, 0.2) is 0 Å². The third-order valence-corrected chi connectivity index (χ3v) is 3.32. The topological polar surface area (TPSA) is 41.1 Å². The summed E-state index contributed by atoms with van der Waals surface area (Å²) in [6, 6.07) is 7.54. The average molecular weight is 253 g/mol. The molecule has 0 aromatic heterocycles. The van der Waals surface area contributed by atoms with E-state index in [1.54, 1.807) is 0 Å². The molecule has 1 saturated heterocycles. The van der Waals surface area contributed by atoms with Crippen molar-refractivity contribution in [3.63, 3.8) is 0 Å². The molecule has 3 nitrogen and oxygen atoms in total. The Morgan fingerprint density at radius 2 is 2.41 bits per heavy atom. The second-order valence-electron chi connectivity index (χ2n) is 4.43. The van der Waals surface area contributed by atoms with Crippen molar-refractivity contribution in [1.82, 2.24) is 10.6 Å². The van der Waals surface area contributed by atoms with E-state index in [0.717, 1.165) is 24.9 Å². The third-order valence-electron chi connectivity index (χ3n) is 3.08. The van der Waals surface area contributed by atoms with Gasteiger partial charge in [-0.1, -0.05) is 23.7 Å². The highest BCUT2D eigenvalue weighted by Crippen LogP contribution is 2.17. The number of carbonyl (C=O) groups excluding carboxylic acids is 1. The van der Waals surface area contributed by atoms with Gasteiger partial charge in [0.1, 0.15) is 0 Å². The minimum atomic E-state index is -0.0309. The Labute approximate surface area is 107 Å². The molecule has 1 aromatic rings. The number of amides is 1. The van der Waals surface area contributed by atoms with Gasteiger partial charge in [-0.05, 0) is 44.0 Å². The first kappa shape index (κ1) is 12.4. The van der Waals surface area contributed by atoms with E-state index in [0.29, 0.717) is 5.02 Å². The van der Waals surface area contributed by atoms with E-state index in [4.69, 9.17) is 11.6 Å². The third kappa shape index (κ3) is 3.20. The molecule has 0 aliphatic carbocycles. The molecule has 1 aliphatic rings. The van der Waals surface area contributed by atoms with Crippen LogP contribution in [0.15, 0.2) is 24.3 Å². The Hall–Kier alpha value is -1.06. The normalized spacial score (nSPS) is 21.2. The molecule has 0 saturated carbocycles. The van der Waals surface area contributed by atoms with Crippen LogP contribution in [0.1, 0.15) is 31.4 Å². The van der Waals surface area contributed by atoms with E-state index in [2.05, 4.69) is 10.6 Å². The van der Waals surface area contributed by atoms with Crippen LogP contribution in [0.4, 0.5) is 0 Å². The molecule has 0 bridgehead atoms. The van der Waals surface area contributed by atoms with Gasteiger partial charge in [0.25, 0.3) is 0 Å². The first-order valence-corrected chi connectivity index (χ1v) is 6.34. The standard InChI is InChI=1S/C13H17ClN2O/c1-9(10-4-2-5-11(14)8-10)16-13(17)12-6-3-7-15-12/h2,4-5,8-9,12,15H,3,6-7H2,1H3,(H,16,17)/t9-,12+/m0/s1. The van der Waals surface area contributed by atoms with Gasteiger partial charge in [-0.15, -0.1) is 0 Å². The zero-order valence-corrected chi connectivity index (χ0v) is 10.6. The lowest BCUT2D eigenvalue weighted by molar-refractivity contribution is -0.123. The van der Waals surface area contributed by atoms with Crippen LogP contribution in [0.25, 0.3) is 0 Å². The van der Waals surface area contributed by atoms with E-state index in [1.807, 2.05) is 31.2 Å². The number of carbonyl (C=O) groups is 1. The van der Waals surface area contributed by atoms with Gasteiger partial charge in [0.2, 0.25) is 5.91 Å². The van der Waals surface area contributed by atoms with Crippen molar-refractivity contribution < 1.29 is 4.79 Å². The summed E-state index contributed by atoms with van der Waals surface area (Å²) in [5, 5.41) is 6.89. The Balaban J connectivity index is 1.96. The zero-order chi connectivity index (χ0) is 12.3. The fraction of sp³-hybridized carbons (Fsp3) is 0.462. The van der Waals surface area contributed by atoms with E-state index in [9.17, 15) is 4.79 Å². The van der Waals surface area contributed by atoms with E-state index in [1.165, 1.54) is 0 Å². The van der Waals surface area contributed by atoms with E-state index >= 15 is 0 Å². The second kappa shape index (κ2) is 5.52. The van der Waals surface area contributed by atoms with Gasteiger partial charge in [-0.2, -0.15) is 0 Å². The maximum Gasteiger partial charge on any atom is 0.237 e. The molecule has 0 radical (unpaired) electrons. The van der Waals surface area contributed by atoms with Crippen LogP contribution in [-0.4, -0.2) is 18.5 Å². The summed E-state index contributed by atoms with van der Waals surface area (Å²) < 4.78 is 0. The number of nitrogens with one attached hydrogen (secondary N) is 2. The summed E-state index contributed by atoms with van der Waals surface area (Å²) >= 11 is 5.93. The predicted molar refractivity (Wildman–Crippen MR) is 69.0 cm³/mol. The molecule has 17 heavy (non-hydrogen) atoms. The van der Waals surface area contributed by atoms with Crippen LogP contribution in [-0.2, 0) is 4.79 Å². The number of hydrogen-bond acceptors (Lipinski definition) is 2. The van der Waals surface area contributed by atoms with Crippen LogP contribution in [0, 0.1) is 0 Å². The lowest BCUT2D eigenvalue weighted by Crippen LogP contribution is -2.41. The SMILES string of the molecule is C[C@H](NC(=O)[C@H]1CCCN1)c1cccc(Cl)c1. The second-order valence-corrected chi connectivity index (χ2v) is 4.87. The Bertz CT molecular complexity index is 402. The van der Waals surface area contributed by atoms with Crippen molar-refractivity contribution in [2.45, 2.75) is 31.8 Å². The van der Waals surface area contributed by atoms with Gasteiger partial charge in [0.05, 0.1) is 12.1 Å². The van der Waals surface area contributed by atoms with Crippen molar-refractivity contribution in [1.29, 1.82) is 0 Å². The molecule has 2 rings (SSSR count). The molecule has 1 fully saturated rings. The highest BCUT2D eigenvalue weighted by molar-refractivity contribution is 6.30. The molecule has 92 valence electrons. The highest BCUT2D eigenvalue weighted by atomic mass is 35.5. The number of rotatable bonds is 3. The average Bonchev–Trinajstić information content (AvgIpc) is 2.82. The van der Waals surface area contributed by atoms with E-state index in [-0.39, 0.29) is 18.0 Å². The van der Waals surface area contributed by atoms with Gasteiger partial charge >= 0.3 is 0 Å². The number of benzene rings is 1. The largest absolute Gasteiger partial charge is 0.348 e. The molecule has 1 amide bonds. The van der Waals surface area contributed by atoms with Gasteiger partial charge in [-0.3, -0.25) is 4.79 Å². The molecular weight excluding hydrogens is 236 g/mol. The van der Waals surface area contributed by atoms with Gasteiger partial charge < -0.3 is 10.6 Å². The Kier molecular flexibility index (Phi) is 4.02. The first-order valence-electron chi connectivity index (χ1n) is 5.96. The predicted octanol–water partition coefficient (Wildman–Crippen LogP) is 2.27. The highest BCUT2D eigenvalue weighted by Gasteiger charge is 2.23. The zero-order valence-electron chi connectivity index (χ0n) is 9.87. The van der Waals surface area contributed by atoms with Crippen molar-refractivity contribution in [2.75, 3.05) is 6.54 Å². The van der Waals surface area contributed by atoms with Crippen LogP contribution in [0.5, 0.6) is 0 Å². The maximum atomic E-state index is 11.9.